The molecule has 7 heteroatoms. The summed E-state index contributed by atoms with van der Waals surface area (Å²) in [6, 6.07) is 12.8. The van der Waals surface area contributed by atoms with Crippen LogP contribution in [0.1, 0.15) is 61.5 Å². The molecule has 5 rings (SSSR count). The van der Waals surface area contributed by atoms with Crippen molar-refractivity contribution >= 4 is 21.6 Å². The average Bonchev–Trinajstić information content (AvgIpc) is 3.45. The Hall–Kier alpha value is -2.38. The third-order valence-corrected chi connectivity index (χ3v) is 10.3. The second kappa shape index (κ2) is 7.57. The molecular formula is C26H33N3O3S. The molecule has 1 amide bonds. The van der Waals surface area contributed by atoms with E-state index in [0.717, 1.165) is 24.0 Å². The van der Waals surface area contributed by atoms with Crippen LogP contribution < -0.4 is 10.6 Å². The summed E-state index contributed by atoms with van der Waals surface area (Å²) in [5, 5.41) is 6.28. The molecule has 1 aliphatic heterocycles. The van der Waals surface area contributed by atoms with Crippen molar-refractivity contribution in [3.05, 3.63) is 59.2 Å². The molecule has 2 saturated carbocycles. The van der Waals surface area contributed by atoms with Crippen LogP contribution >= 0.6 is 0 Å². The maximum absolute atomic E-state index is 13.6. The van der Waals surface area contributed by atoms with Crippen LogP contribution in [0.2, 0.25) is 0 Å². The number of amides is 1. The lowest BCUT2D eigenvalue weighted by Gasteiger charge is -2.43. The number of carbonyl (C=O) groups excluding carboxylic acids is 1. The number of hydrogen-bond donors (Lipinski definition) is 2. The minimum atomic E-state index is -3.78. The van der Waals surface area contributed by atoms with Gasteiger partial charge in [-0.3, -0.25) is 4.79 Å². The fraction of sp³-hybridized carbons (Fsp3) is 0.500. The summed E-state index contributed by atoms with van der Waals surface area (Å²) in [7, 11) is -2.09. The zero-order valence-corrected chi connectivity index (χ0v) is 20.6. The molecule has 0 spiro atoms. The van der Waals surface area contributed by atoms with Crippen LogP contribution in [-0.2, 0) is 23.1 Å². The van der Waals surface area contributed by atoms with Crippen LogP contribution in [0.3, 0.4) is 0 Å². The summed E-state index contributed by atoms with van der Waals surface area (Å²) in [5.41, 5.74) is 3.05. The SMILES string of the molecule is CNc1ccc(C(=O)NC2C3(C)CC[C@H](C3)C2(C)C)cc1S(=O)(=O)N1Cc2ccccc2C1. The highest BCUT2D eigenvalue weighted by Crippen LogP contribution is 2.62. The molecule has 3 aliphatic rings. The van der Waals surface area contributed by atoms with Gasteiger partial charge in [0.05, 0.1) is 5.69 Å². The Labute approximate surface area is 196 Å². The van der Waals surface area contributed by atoms with E-state index >= 15 is 0 Å². The number of anilines is 1. The molecule has 2 fully saturated rings. The smallest absolute Gasteiger partial charge is 0.251 e. The van der Waals surface area contributed by atoms with Crippen molar-refractivity contribution in [3.63, 3.8) is 0 Å². The Morgan fingerprint density at radius 1 is 1.06 bits per heavy atom. The lowest BCUT2D eigenvalue weighted by atomic mass is 9.68. The van der Waals surface area contributed by atoms with Gasteiger partial charge in [0, 0.05) is 31.7 Å². The molecule has 176 valence electrons. The van der Waals surface area contributed by atoms with E-state index in [9.17, 15) is 13.2 Å². The van der Waals surface area contributed by atoms with E-state index in [-0.39, 0.29) is 27.7 Å². The highest BCUT2D eigenvalue weighted by atomic mass is 32.2. The molecule has 0 saturated heterocycles. The molecule has 2 aromatic rings. The minimum Gasteiger partial charge on any atom is -0.387 e. The number of rotatable bonds is 5. The average molecular weight is 468 g/mol. The predicted octanol–water partition coefficient (Wildman–Crippen LogP) is 4.38. The van der Waals surface area contributed by atoms with Crippen LogP contribution in [0.15, 0.2) is 47.4 Å². The molecule has 2 aliphatic carbocycles. The normalized spacial score (nSPS) is 28.0. The molecular weight excluding hydrogens is 434 g/mol. The third-order valence-electron chi connectivity index (χ3n) is 8.49. The fourth-order valence-corrected chi connectivity index (χ4v) is 8.19. The van der Waals surface area contributed by atoms with Crippen molar-refractivity contribution < 1.29 is 13.2 Å². The quantitative estimate of drug-likeness (QED) is 0.684. The standard InChI is InChI=1S/C26H33N3O3S/c1-25(2)20-11-12-26(3,14-20)24(25)28-23(30)17-9-10-21(27-4)22(13-17)33(31,32)29-15-18-7-5-6-8-19(18)16-29/h5-10,13,20,24,27H,11-12,14-16H2,1-4H3,(H,28,30)/t20-,24?,26?/m1/s1. The summed E-state index contributed by atoms with van der Waals surface area (Å²) in [6.07, 6.45) is 3.48. The van der Waals surface area contributed by atoms with Crippen LogP contribution in [0, 0.1) is 16.7 Å². The Balaban J connectivity index is 1.44. The van der Waals surface area contributed by atoms with Gasteiger partial charge in [0.15, 0.2) is 0 Å². The topological polar surface area (TPSA) is 78.5 Å². The van der Waals surface area contributed by atoms with E-state index in [1.807, 2.05) is 24.3 Å². The molecule has 0 aromatic heterocycles. The van der Waals surface area contributed by atoms with Gasteiger partial charge in [-0.1, -0.05) is 45.0 Å². The molecule has 33 heavy (non-hydrogen) atoms. The number of hydrogen-bond acceptors (Lipinski definition) is 4. The maximum Gasteiger partial charge on any atom is 0.251 e. The van der Waals surface area contributed by atoms with E-state index in [2.05, 4.69) is 31.4 Å². The molecule has 2 N–H and O–H groups in total. The zero-order chi connectivity index (χ0) is 23.6. The van der Waals surface area contributed by atoms with Crippen LogP contribution in [0.5, 0.6) is 0 Å². The molecule has 0 radical (unpaired) electrons. The Morgan fingerprint density at radius 3 is 2.30 bits per heavy atom. The van der Waals surface area contributed by atoms with E-state index < -0.39 is 10.0 Å². The van der Waals surface area contributed by atoms with Gasteiger partial charge in [-0.2, -0.15) is 4.31 Å². The molecule has 2 bridgehead atoms. The van der Waals surface area contributed by atoms with Crippen molar-refractivity contribution in [3.8, 4) is 0 Å². The van der Waals surface area contributed by atoms with Gasteiger partial charge in [0.1, 0.15) is 4.90 Å². The molecule has 2 unspecified atom stereocenters. The molecule has 2 aromatic carbocycles. The van der Waals surface area contributed by atoms with Crippen molar-refractivity contribution in [2.24, 2.45) is 16.7 Å². The first kappa shape index (κ1) is 22.4. The van der Waals surface area contributed by atoms with E-state index in [4.69, 9.17) is 0 Å². The number of carbonyl (C=O) groups is 1. The monoisotopic (exact) mass is 467 g/mol. The van der Waals surface area contributed by atoms with Crippen molar-refractivity contribution in [1.29, 1.82) is 0 Å². The van der Waals surface area contributed by atoms with E-state index in [1.165, 1.54) is 16.8 Å². The fourth-order valence-electron chi connectivity index (χ4n) is 6.57. The number of nitrogens with zero attached hydrogens (tertiary/aromatic N) is 1. The highest BCUT2D eigenvalue weighted by molar-refractivity contribution is 7.89. The first-order valence-corrected chi connectivity index (χ1v) is 13.2. The number of nitrogens with one attached hydrogen (secondary N) is 2. The molecule has 6 nitrogen and oxygen atoms in total. The van der Waals surface area contributed by atoms with Crippen LogP contribution in [0.4, 0.5) is 5.69 Å². The number of benzene rings is 2. The first-order chi connectivity index (χ1) is 15.6. The molecule has 3 atom stereocenters. The lowest BCUT2D eigenvalue weighted by molar-refractivity contribution is 0.0737. The number of sulfonamides is 1. The van der Waals surface area contributed by atoms with Gasteiger partial charge >= 0.3 is 0 Å². The molecule has 1 heterocycles. The Kier molecular flexibility index (Phi) is 5.14. The van der Waals surface area contributed by atoms with Gasteiger partial charge in [-0.15, -0.1) is 0 Å². The van der Waals surface area contributed by atoms with Crippen LogP contribution in [-0.4, -0.2) is 31.7 Å². The van der Waals surface area contributed by atoms with Crippen molar-refractivity contribution in [1.82, 2.24) is 9.62 Å². The number of fused-ring (bicyclic) bond motifs is 3. The summed E-state index contributed by atoms with van der Waals surface area (Å²) in [6.45, 7) is 7.45. The lowest BCUT2D eigenvalue weighted by Crippen LogP contribution is -2.52. The Bertz CT molecular complexity index is 1190. The maximum atomic E-state index is 13.6. The summed E-state index contributed by atoms with van der Waals surface area (Å²) in [5.74, 6) is 0.415. The van der Waals surface area contributed by atoms with Gasteiger partial charge in [0.25, 0.3) is 5.91 Å². The predicted molar refractivity (Wildman–Crippen MR) is 129 cm³/mol. The largest absolute Gasteiger partial charge is 0.387 e. The summed E-state index contributed by atoms with van der Waals surface area (Å²) in [4.78, 5) is 13.5. The first-order valence-electron chi connectivity index (χ1n) is 11.8. The van der Waals surface area contributed by atoms with E-state index in [1.54, 1.807) is 19.2 Å². The second-order valence-electron chi connectivity index (χ2n) is 10.8. The van der Waals surface area contributed by atoms with E-state index in [0.29, 0.717) is 30.3 Å². The zero-order valence-electron chi connectivity index (χ0n) is 19.8. The van der Waals surface area contributed by atoms with Gasteiger partial charge in [-0.05, 0) is 65.3 Å². The minimum absolute atomic E-state index is 0.0316. The van der Waals surface area contributed by atoms with Crippen LogP contribution in [0.25, 0.3) is 0 Å². The summed E-state index contributed by atoms with van der Waals surface area (Å²) >= 11 is 0. The highest BCUT2D eigenvalue weighted by Gasteiger charge is 2.59. The van der Waals surface area contributed by atoms with Gasteiger partial charge in [-0.25, -0.2) is 8.42 Å². The van der Waals surface area contributed by atoms with Gasteiger partial charge in [0.2, 0.25) is 10.0 Å². The van der Waals surface area contributed by atoms with Gasteiger partial charge < -0.3 is 10.6 Å². The van der Waals surface area contributed by atoms with Crippen molar-refractivity contribution in [2.45, 2.75) is 64.1 Å². The van der Waals surface area contributed by atoms with Crippen molar-refractivity contribution in [2.75, 3.05) is 12.4 Å². The third kappa shape index (κ3) is 3.48. The summed E-state index contributed by atoms with van der Waals surface area (Å²) < 4.78 is 28.7. The Morgan fingerprint density at radius 2 is 1.73 bits per heavy atom. The second-order valence-corrected chi connectivity index (χ2v) is 12.7.